The molecule has 29 heavy (non-hydrogen) atoms. The number of ether oxygens (including phenoxy) is 1. The van der Waals surface area contributed by atoms with Crippen LogP contribution in [0.15, 0.2) is 84.9 Å². The molecule has 0 bridgehead atoms. The van der Waals surface area contributed by atoms with Crippen LogP contribution < -0.4 is 4.74 Å². The summed E-state index contributed by atoms with van der Waals surface area (Å²) in [4.78, 5) is 2.56. The molecule has 0 radical (unpaired) electrons. The van der Waals surface area contributed by atoms with E-state index >= 15 is 0 Å². The highest BCUT2D eigenvalue weighted by molar-refractivity contribution is 5.38. The Morgan fingerprint density at radius 3 is 1.86 bits per heavy atom. The number of para-hydroxylation sites is 1. The molecule has 4 rings (SSSR count). The summed E-state index contributed by atoms with van der Waals surface area (Å²) in [5.74, 6) is 1.60. The van der Waals surface area contributed by atoms with Crippen molar-refractivity contribution in [2.24, 2.45) is 5.92 Å². The predicted molar refractivity (Wildman–Crippen MR) is 120 cm³/mol. The minimum atomic E-state index is 0.0912. The first-order valence-electron chi connectivity index (χ1n) is 10.6. The molecule has 1 fully saturated rings. The van der Waals surface area contributed by atoms with E-state index in [-0.39, 0.29) is 5.41 Å². The van der Waals surface area contributed by atoms with Crippen LogP contribution >= 0.6 is 0 Å². The van der Waals surface area contributed by atoms with Gasteiger partial charge in [-0.05, 0) is 28.2 Å². The fourth-order valence-electron chi connectivity index (χ4n) is 4.23. The standard InChI is InChI=1S/C27H31NO/c1-27(2,3)24-16-10-11-17-25(24)29-20-21-18-28(19-21)26(22-12-6-4-7-13-22)23-14-8-5-9-15-23/h4-17,21,26H,18-20H2,1-3H3. The average molecular weight is 386 g/mol. The summed E-state index contributed by atoms with van der Waals surface area (Å²) < 4.78 is 6.28. The van der Waals surface area contributed by atoms with E-state index in [0.29, 0.717) is 12.0 Å². The predicted octanol–water partition coefficient (Wildman–Crippen LogP) is 6.08. The molecule has 0 amide bonds. The fourth-order valence-corrected chi connectivity index (χ4v) is 4.23. The topological polar surface area (TPSA) is 12.5 Å². The zero-order chi connectivity index (χ0) is 20.3. The Bertz CT molecular complexity index is 869. The number of benzene rings is 3. The fraction of sp³-hybridized carbons (Fsp3) is 0.333. The molecular weight excluding hydrogens is 354 g/mol. The summed E-state index contributed by atoms with van der Waals surface area (Å²) in [5.41, 5.74) is 4.09. The molecule has 2 heteroatoms. The molecule has 0 saturated carbocycles. The van der Waals surface area contributed by atoms with Crippen LogP contribution in [0.4, 0.5) is 0 Å². The van der Waals surface area contributed by atoms with Crippen LogP contribution in [0.1, 0.15) is 43.5 Å². The Hall–Kier alpha value is -2.58. The van der Waals surface area contributed by atoms with Crippen LogP contribution in [-0.2, 0) is 5.41 Å². The first-order chi connectivity index (χ1) is 14.0. The van der Waals surface area contributed by atoms with E-state index in [1.54, 1.807) is 0 Å². The van der Waals surface area contributed by atoms with E-state index < -0.39 is 0 Å². The molecule has 0 aliphatic carbocycles. The normalized spacial score (nSPS) is 15.3. The minimum absolute atomic E-state index is 0.0912. The maximum atomic E-state index is 6.28. The third-order valence-corrected chi connectivity index (χ3v) is 5.75. The van der Waals surface area contributed by atoms with Gasteiger partial charge in [0.15, 0.2) is 0 Å². The first kappa shape index (κ1) is 19.7. The maximum Gasteiger partial charge on any atom is 0.123 e. The van der Waals surface area contributed by atoms with E-state index in [1.165, 1.54) is 16.7 Å². The Kier molecular flexibility index (Phi) is 5.73. The monoisotopic (exact) mass is 385 g/mol. The molecule has 1 aliphatic heterocycles. The van der Waals surface area contributed by atoms with Gasteiger partial charge in [0.05, 0.1) is 12.6 Å². The number of rotatable bonds is 6. The van der Waals surface area contributed by atoms with Gasteiger partial charge >= 0.3 is 0 Å². The Morgan fingerprint density at radius 2 is 1.31 bits per heavy atom. The van der Waals surface area contributed by atoms with Gasteiger partial charge in [-0.2, -0.15) is 0 Å². The second-order valence-corrected chi connectivity index (χ2v) is 9.10. The van der Waals surface area contributed by atoms with Crippen molar-refractivity contribution in [1.29, 1.82) is 0 Å². The third-order valence-electron chi connectivity index (χ3n) is 5.75. The molecule has 3 aromatic carbocycles. The minimum Gasteiger partial charge on any atom is -0.493 e. The molecule has 0 N–H and O–H groups in total. The van der Waals surface area contributed by atoms with E-state index in [9.17, 15) is 0 Å². The lowest BCUT2D eigenvalue weighted by molar-refractivity contribution is 0.0374. The van der Waals surface area contributed by atoms with E-state index in [2.05, 4.69) is 111 Å². The van der Waals surface area contributed by atoms with Crippen LogP contribution in [0.2, 0.25) is 0 Å². The lowest BCUT2D eigenvalue weighted by atomic mass is 9.86. The van der Waals surface area contributed by atoms with Gasteiger partial charge < -0.3 is 4.74 Å². The van der Waals surface area contributed by atoms with Crippen molar-refractivity contribution in [3.63, 3.8) is 0 Å². The second-order valence-electron chi connectivity index (χ2n) is 9.10. The molecule has 0 unspecified atom stereocenters. The molecule has 150 valence electrons. The summed E-state index contributed by atoms with van der Waals surface area (Å²) >= 11 is 0. The van der Waals surface area contributed by atoms with Gasteiger partial charge in [-0.25, -0.2) is 0 Å². The molecule has 1 heterocycles. The van der Waals surface area contributed by atoms with Gasteiger partial charge in [-0.1, -0.05) is 99.6 Å². The van der Waals surface area contributed by atoms with Gasteiger partial charge in [0.2, 0.25) is 0 Å². The summed E-state index contributed by atoms with van der Waals surface area (Å²) in [6.45, 7) is 9.62. The van der Waals surface area contributed by atoms with Gasteiger partial charge in [0.25, 0.3) is 0 Å². The number of hydrogen-bond acceptors (Lipinski definition) is 2. The summed E-state index contributed by atoms with van der Waals surface area (Å²) in [7, 11) is 0. The number of hydrogen-bond donors (Lipinski definition) is 0. The molecule has 2 nitrogen and oxygen atoms in total. The van der Waals surface area contributed by atoms with Crippen molar-refractivity contribution < 1.29 is 4.74 Å². The molecule has 0 atom stereocenters. The largest absolute Gasteiger partial charge is 0.493 e. The Balaban J connectivity index is 1.42. The van der Waals surface area contributed by atoms with Crippen LogP contribution in [0.25, 0.3) is 0 Å². The maximum absolute atomic E-state index is 6.28. The smallest absolute Gasteiger partial charge is 0.123 e. The highest BCUT2D eigenvalue weighted by Gasteiger charge is 2.34. The van der Waals surface area contributed by atoms with E-state index in [4.69, 9.17) is 4.74 Å². The lowest BCUT2D eigenvalue weighted by Crippen LogP contribution is -2.51. The lowest BCUT2D eigenvalue weighted by Gasteiger charge is -2.44. The van der Waals surface area contributed by atoms with E-state index in [1.807, 2.05) is 0 Å². The van der Waals surface area contributed by atoms with Crippen LogP contribution in [0.3, 0.4) is 0 Å². The molecule has 3 aromatic rings. The van der Waals surface area contributed by atoms with Crippen LogP contribution in [-0.4, -0.2) is 24.6 Å². The van der Waals surface area contributed by atoms with Gasteiger partial charge in [-0.15, -0.1) is 0 Å². The zero-order valence-electron chi connectivity index (χ0n) is 17.7. The average Bonchev–Trinajstić information content (AvgIpc) is 2.70. The van der Waals surface area contributed by atoms with Crippen molar-refractivity contribution in [2.75, 3.05) is 19.7 Å². The van der Waals surface area contributed by atoms with Crippen molar-refractivity contribution in [3.05, 3.63) is 102 Å². The first-order valence-corrected chi connectivity index (χ1v) is 10.6. The van der Waals surface area contributed by atoms with Crippen molar-refractivity contribution in [3.8, 4) is 5.75 Å². The molecule has 1 aliphatic rings. The zero-order valence-corrected chi connectivity index (χ0v) is 17.7. The Morgan fingerprint density at radius 1 is 0.793 bits per heavy atom. The van der Waals surface area contributed by atoms with Gasteiger partial charge in [0, 0.05) is 19.0 Å². The quantitative estimate of drug-likeness (QED) is 0.509. The van der Waals surface area contributed by atoms with Crippen molar-refractivity contribution in [1.82, 2.24) is 4.90 Å². The number of likely N-dealkylation sites (tertiary alicyclic amines) is 1. The highest BCUT2D eigenvalue weighted by Crippen LogP contribution is 2.35. The molecule has 1 saturated heterocycles. The third kappa shape index (κ3) is 4.54. The van der Waals surface area contributed by atoms with Crippen molar-refractivity contribution >= 4 is 0 Å². The number of nitrogens with zero attached hydrogens (tertiary/aromatic N) is 1. The molecule has 0 aromatic heterocycles. The summed E-state index contributed by atoms with van der Waals surface area (Å²) in [5, 5.41) is 0. The second kappa shape index (κ2) is 8.42. The van der Waals surface area contributed by atoms with Crippen LogP contribution in [0.5, 0.6) is 5.75 Å². The highest BCUT2D eigenvalue weighted by atomic mass is 16.5. The SMILES string of the molecule is CC(C)(C)c1ccccc1OCC1CN(C(c2ccccc2)c2ccccc2)C1. The van der Waals surface area contributed by atoms with E-state index in [0.717, 1.165) is 25.4 Å². The van der Waals surface area contributed by atoms with Gasteiger partial charge in [0.1, 0.15) is 5.75 Å². The summed E-state index contributed by atoms with van der Waals surface area (Å²) in [6, 6.07) is 30.4. The molecular formula is C27H31NO. The molecule has 0 spiro atoms. The van der Waals surface area contributed by atoms with Crippen LogP contribution in [0, 0.1) is 5.92 Å². The Labute approximate surface area is 175 Å². The summed E-state index contributed by atoms with van der Waals surface area (Å²) in [6.07, 6.45) is 0. The van der Waals surface area contributed by atoms with Gasteiger partial charge in [-0.3, -0.25) is 4.90 Å². The van der Waals surface area contributed by atoms with Crippen molar-refractivity contribution in [2.45, 2.75) is 32.2 Å².